The summed E-state index contributed by atoms with van der Waals surface area (Å²) < 4.78 is 14.1. The van der Waals surface area contributed by atoms with E-state index in [9.17, 15) is 14.4 Å². The molecule has 5 rings (SSSR count). The standard InChI is InChI=1S/C33H30BrN3O6S/c1-5-42-32(41)28-19(2)35-33-37(29(28)22-11-13-24(14-12-22)36(3)4)30(38)27(44-33)17-21-8-15-26(25(34)16-21)43-18-20-6-9-23(10-7-20)31(39)40/h6-17,29H,5,18H2,1-4H3,(H,39,40)/b27-17+/t29-/m0/s1. The van der Waals surface area contributed by atoms with Crippen LogP contribution >= 0.6 is 27.3 Å². The fraction of sp³-hybridized carbons (Fsp3) is 0.212. The Bertz CT molecular complexity index is 1940. The van der Waals surface area contributed by atoms with Gasteiger partial charge >= 0.3 is 11.9 Å². The van der Waals surface area contributed by atoms with Gasteiger partial charge in [0, 0.05) is 19.8 Å². The summed E-state index contributed by atoms with van der Waals surface area (Å²) in [4.78, 5) is 45.3. The molecule has 1 aliphatic heterocycles. The van der Waals surface area contributed by atoms with E-state index in [4.69, 9.17) is 14.6 Å². The molecule has 9 nitrogen and oxygen atoms in total. The van der Waals surface area contributed by atoms with Crippen molar-refractivity contribution in [3.63, 3.8) is 0 Å². The van der Waals surface area contributed by atoms with E-state index in [1.54, 1.807) is 42.7 Å². The number of thiazole rings is 1. The van der Waals surface area contributed by atoms with Crippen molar-refractivity contribution in [2.45, 2.75) is 26.5 Å². The molecule has 0 bridgehead atoms. The van der Waals surface area contributed by atoms with Gasteiger partial charge in [0.25, 0.3) is 5.56 Å². The minimum absolute atomic E-state index is 0.206. The summed E-state index contributed by atoms with van der Waals surface area (Å²) in [5.74, 6) is -0.879. The lowest BCUT2D eigenvalue weighted by Gasteiger charge is -2.25. The van der Waals surface area contributed by atoms with Gasteiger partial charge in [-0.2, -0.15) is 0 Å². The zero-order valence-electron chi connectivity index (χ0n) is 24.5. The van der Waals surface area contributed by atoms with E-state index in [1.165, 1.54) is 23.5 Å². The molecule has 0 amide bonds. The second-order valence-corrected chi connectivity index (χ2v) is 12.1. The molecule has 4 aromatic rings. The van der Waals surface area contributed by atoms with Gasteiger partial charge in [0.1, 0.15) is 12.4 Å². The summed E-state index contributed by atoms with van der Waals surface area (Å²) in [6, 6.07) is 19.1. The maximum Gasteiger partial charge on any atom is 0.338 e. The number of benzene rings is 3. The predicted molar refractivity (Wildman–Crippen MR) is 173 cm³/mol. The number of hydrogen-bond donors (Lipinski definition) is 1. The third-order valence-electron chi connectivity index (χ3n) is 7.09. The summed E-state index contributed by atoms with van der Waals surface area (Å²) >= 11 is 4.82. The van der Waals surface area contributed by atoms with Crippen LogP contribution in [0.3, 0.4) is 0 Å². The van der Waals surface area contributed by atoms with Gasteiger partial charge < -0.3 is 19.5 Å². The van der Waals surface area contributed by atoms with Crippen LogP contribution in [-0.4, -0.2) is 42.3 Å². The number of carboxylic acids is 1. The van der Waals surface area contributed by atoms with E-state index >= 15 is 0 Å². The number of ether oxygens (including phenoxy) is 2. The first kappa shape index (κ1) is 31.0. The molecule has 0 radical (unpaired) electrons. The molecule has 0 saturated heterocycles. The quantitative estimate of drug-likeness (QED) is 0.251. The van der Waals surface area contributed by atoms with Crippen molar-refractivity contribution >= 4 is 51.0 Å². The first-order valence-corrected chi connectivity index (χ1v) is 15.4. The van der Waals surface area contributed by atoms with Crippen LogP contribution in [0.4, 0.5) is 5.69 Å². The Morgan fingerprint density at radius 1 is 1.09 bits per heavy atom. The van der Waals surface area contributed by atoms with Gasteiger partial charge in [-0.1, -0.05) is 41.7 Å². The zero-order chi connectivity index (χ0) is 31.5. The Morgan fingerprint density at radius 3 is 2.41 bits per heavy atom. The summed E-state index contributed by atoms with van der Waals surface area (Å²) in [6.45, 7) is 3.98. The first-order valence-electron chi connectivity index (χ1n) is 13.8. The van der Waals surface area contributed by atoms with Gasteiger partial charge in [-0.15, -0.1) is 0 Å². The van der Waals surface area contributed by atoms with Crippen molar-refractivity contribution in [1.29, 1.82) is 0 Å². The molecule has 1 atom stereocenters. The maximum atomic E-state index is 13.9. The summed E-state index contributed by atoms with van der Waals surface area (Å²) in [5.41, 5.74) is 4.18. The Labute approximate surface area is 266 Å². The maximum absolute atomic E-state index is 13.9. The van der Waals surface area contributed by atoms with E-state index in [0.29, 0.717) is 30.8 Å². The topological polar surface area (TPSA) is 110 Å². The number of fused-ring (bicyclic) bond motifs is 1. The number of nitrogens with zero attached hydrogens (tertiary/aromatic N) is 3. The lowest BCUT2D eigenvalue weighted by molar-refractivity contribution is -0.139. The summed E-state index contributed by atoms with van der Waals surface area (Å²) in [7, 11) is 3.90. The molecule has 2 heterocycles. The number of aromatic nitrogens is 1. The summed E-state index contributed by atoms with van der Waals surface area (Å²) in [5, 5.41) is 9.08. The number of anilines is 1. The van der Waals surface area contributed by atoms with Crippen LogP contribution in [0.2, 0.25) is 0 Å². The van der Waals surface area contributed by atoms with Crippen LogP contribution in [-0.2, 0) is 16.1 Å². The molecular formula is C33H30BrN3O6S. The number of carbonyl (C=O) groups is 2. The molecule has 11 heteroatoms. The van der Waals surface area contributed by atoms with Gasteiger partial charge in [0.05, 0.1) is 38.5 Å². The Balaban J connectivity index is 1.48. The first-order chi connectivity index (χ1) is 21.1. The second kappa shape index (κ2) is 13.0. The second-order valence-electron chi connectivity index (χ2n) is 10.3. The van der Waals surface area contributed by atoms with E-state index in [1.807, 2.05) is 55.4 Å². The molecule has 0 fully saturated rings. The molecule has 1 aliphatic rings. The van der Waals surface area contributed by atoms with Crippen molar-refractivity contribution in [1.82, 2.24) is 4.57 Å². The van der Waals surface area contributed by atoms with E-state index in [-0.39, 0.29) is 24.3 Å². The molecule has 0 spiro atoms. The van der Waals surface area contributed by atoms with Crippen molar-refractivity contribution < 1.29 is 24.2 Å². The van der Waals surface area contributed by atoms with Crippen LogP contribution < -0.4 is 24.5 Å². The van der Waals surface area contributed by atoms with E-state index in [0.717, 1.165) is 22.4 Å². The van der Waals surface area contributed by atoms with Crippen molar-refractivity contribution in [2.24, 2.45) is 4.99 Å². The predicted octanol–water partition coefficient (Wildman–Crippen LogP) is 4.90. The number of carbonyl (C=O) groups excluding carboxylic acids is 1. The van der Waals surface area contributed by atoms with Gasteiger partial charge in [-0.05, 0) is 88.9 Å². The number of aromatic carboxylic acids is 1. The number of esters is 1. The highest BCUT2D eigenvalue weighted by atomic mass is 79.9. The number of allylic oxidation sites excluding steroid dienone is 1. The zero-order valence-corrected chi connectivity index (χ0v) is 26.9. The molecule has 3 aromatic carbocycles. The Hall–Kier alpha value is -4.48. The highest BCUT2D eigenvalue weighted by Gasteiger charge is 2.33. The van der Waals surface area contributed by atoms with E-state index in [2.05, 4.69) is 20.9 Å². The smallest absolute Gasteiger partial charge is 0.338 e. The van der Waals surface area contributed by atoms with Crippen LogP contribution in [0, 0.1) is 0 Å². The SMILES string of the molecule is CCOC(=O)C1=C(C)N=c2s/c(=C/c3ccc(OCc4ccc(C(=O)O)cc4)c(Br)c3)c(=O)n2[C@H]1c1ccc(N(C)C)cc1. The van der Waals surface area contributed by atoms with Crippen LogP contribution in [0.1, 0.15) is 46.9 Å². The molecular weight excluding hydrogens is 646 g/mol. The molecule has 1 N–H and O–H groups in total. The summed E-state index contributed by atoms with van der Waals surface area (Å²) in [6.07, 6.45) is 1.79. The Kier molecular flexibility index (Phi) is 9.17. The molecule has 1 aromatic heterocycles. The number of hydrogen-bond acceptors (Lipinski definition) is 8. The van der Waals surface area contributed by atoms with Crippen molar-refractivity contribution in [3.05, 3.63) is 124 Å². The van der Waals surface area contributed by atoms with Gasteiger partial charge in [0.15, 0.2) is 4.80 Å². The lowest BCUT2D eigenvalue weighted by atomic mass is 9.95. The third-order valence-corrected chi connectivity index (χ3v) is 8.69. The van der Waals surface area contributed by atoms with Crippen LogP contribution in [0.15, 0.2) is 92.3 Å². The third kappa shape index (κ3) is 6.39. The van der Waals surface area contributed by atoms with E-state index < -0.39 is 18.0 Å². The minimum Gasteiger partial charge on any atom is -0.488 e. The highest BCUT2D eigenvalue weighted by Crippen LogP contribution is 2.32. The van der Waals surface area contributed by atoms with Crippen molar-refractivity contribution in [3.8, 4) is 5.75 Å². The van der Waals surface area contributed by atoms with Gasteiger partial charge in [-0.25, -0.2) is 14.6 Å². The molecule has 226 valence electrons. The largest absolute Gasteiger partial charge is 0.488 e. The normalized spacial score (nSPS) is 14.6. The highest BCUT2D eigenvalue weighted by molar-refractivity contribution is 9.10. The number of halogens is 1. The lowest BCUT2D eigenvalue weighted by Crippen LogP contribution is -2.39. The minimum atomic E-state index is -0.980. The fourth-order valence-electron chi connectivity index (χ4n) is 4.84. The number of carboxylic acid groups (broad SMARTS) is 1. The molecule has 0 saturated carbocycles. The molecule has 0 aliphatic carbocycles. The Morgan fingerprint density at radius 2 is 1.80 bits per heavy atom. The van der Waals surface area contributed by atoms with Crippen molar-refractivity contribution in [2.75, 3.05) is 25.6 Å². The average molecular weight is 677 g/mol. The molecule has 0 unspecified atom stereocenters. The fourth-order valence-corrected chi connectivity index (χ4v) is 6.40. The monoisotopic (exact) mass is 675 g/mol. The van der Waals surface area contributed by atoms with Gasteiger partial charge in [-0.3, -0.25) is 9.36 Å². The number of rotatable bonds is 9. The van der Waals surface area contributed by atoms with Crippen LogP contribution in [0.25, 0.3) is 6.08 Å². The van der Waals surface area contributed by atoms with Gasteiger partial charge in [0.2, 0.25) is 0 Å². The van der Waals surface area contributed by atoms with Crippen LogP contribution in [0.5, 0.6) is 5.75 Å². The average Bonchev–Trinajstić information content (AvgIpc) is 3.30. The molecule has 44 heavy (non-hydrogen) atoms.